The number of ether oxygens (including phenoxy) is 2. The van der Waals surface area contributed by atoms with E-state index < -0.39 is 0 Å². The third kappa shape index (κ3) is 13.1. The summed E-state index contributed by atoms with van der Waals surface area (Å²) in [7, 11) is 1.65. The molecule has 0 heterocycles. The largest absolute Gasteiger partial charge is 0.658 e. The molecule has 0 aliphatic carbocycles. The van der Waals surface area contributed by atoms with E-state index in [4.69, 9.17) is 15.2 Å². The second-order valence-electron chi connectivity index (χ2n) is 6.08. The van der Waals surface area contributed by atoms with Crippen LogP contribution >= 0.6 is 0 Å². The van der Waals surface area contributed by atoms with Crippen molar-refractivity contribution in [2.45, 2.75) is 19.6 Å². The van der Waals surface area contributed by atoms with E-state index >= 15 is 0 Å². The van der Waals surface area contributed by atoms with Gasteiger partial charge in [0, 0.05) is 25.8 Å². The molecule has 1 radical (unpaired) electrons. The Morgan fingerprint density at radius 1 is 0.871 bits per heavy atom. The minimum Gasteiger partial charge on any atom is -0.658 e. The van der Waals surface area contributed by atoms with Gasteiger partial charge in [-0.15, -0.1) is 13.1 Å². The van der Waals surface area contributed by atoms with E-state index in [9.17, 15) is 0 Å². The molecule has 167 valence electrons. The van der Waals surface area contributed by atoms with Gasteiger partial charge in [0.05, 0.1) is 7.11 Å². The Hall–Kier alpha value is -2.03. The van der Waals surface area contributed by atoms with Crippen molar-refractivity contribution in [3.8, 4) is 11.5 Å². The second kappa shape index (κ2) is 19.9. The Kier molecular flexibility index (Phi) is 20.0. The molecule has 3 aromatic rings. The zero-order chi connectivity index (χ0) is 19.9. The van der Waals surface area contributed by atoms with Crippen LogP contribution in [0, 0.1) is 6.07 Å². The summed E-state index contributed by atoms with van der Waals surface area (Å²) in [5.74, 6) is 1.49. The predicted molar refractivity (Wildman–Crippen MR) is 122 cm³/mol. The summed E-state index contributed by atoms with van der Waals surface area (Å²) in [6, 6.07) is 28.5. The van der Waals surface area contributed by atoms with Crippen molar-refractivity contribution in [3.05, 3.63) is 101 Å². The first-order valence-electron chi connectivity index (χ1n) is 9.41. The molecular formula is C24H32N2O4Sc-2. The Labute approximate surface area is 204 Å². The van der Waals surface area contributed by atoms with Gasteiger partial charge in [-0.25, -0.2) is 0 Å². The smallest absolute Gasteiger partial charge is 0.161 e. The number of methoxy groups -OCH3 is 1. The fourth-order valence-corrected chi connectivity index (χ4v) is 2.42. The molecular weight excluding hydrogens is 425 g/mol. The van der Waals surface area contributed by atoms with E-state index in [0.717, 1.165) is 35.6 Å². The van der Waals surface area contributed by atoms with Gasteiger partial charge in [-0.1, -0.05) is 48.4 Å². The first-order chi connectivity index (χ1) is 13.8. The Balaban J connectivity index is 0. The first kappa shape index (κ1) is 31.2. The average molecular weight is 457 g/mol. The monoisotopic (exact) mass is 457 g/mol. The van der Waals surface area contributed by atoms with Crippen LogP contribution in [-0.4, -0.2) is 31.2 Å². The van der Waals surface area contributed by atoms with Gasteiger partial charge in [-0.05, 0) is 24.2 Å². The van der Waals surface area contributed by atoms with Gasteiger partial charge < -0.3 is 31.5 Å². The van der Waals surface area contributed by atoms with Crippen LogP contribution in [0.2, 0.25) is 0 Å². The van der Waals surface area contributed by atoms with Gasteiger partial charge in [0.25, 0.3) is 0 Å². The van der Waals surface area contributed by atoms with Crippen LogP contribution in [0.3, 0.4) is 0 Å². The minimum atomic E-state index is 0. The average Bonchev–Trinajstić information content (AvgIpc) is 2.78. The molecule has 0 aromatic heterocycles. The minimum absolute atomic E-state index is 0. The molecule has 0 saturated carbocycles. The molecule has 0 amide bonds. The van der Waals surface area contributed by atoms with Crippen molar-refractivity contribution in [1.82, 2.24) is 0 Å². The van der Waals surface area contributed by atoms with E-state index in [1.165, 1.54) is 0 Å². The SMILES string of the molecule is COc1cc(C[N-]CCCN)ccc1OCc1ccccc1.O.O.[Sc].[c-]1ccccc1. The maximum atomic E-state index is 5.84. The molecule has 0 aliphatic rings. The van der Waals surface area contributed by atoms with Crippen molar-refractivity contribution in [1.29, 1.82) is 0 Å². The molecule has 0 fully saturated rings. The van der Waals surface area contributed by atoms with Crippen LogP contribution in [0.5, 0.6) is 11.5 Å². The Morgan fingerprint density at radius 3 is 2.10 bits per heavy atom. The van der Waals surface area contributed by atoms with Gasteiger partial charge >= 0.3 is 0 Å². The number of hydrogen-bond acceptors (Lipinski definition) is 3. The standard InChI is InChI=1S/C18H23N2O2.C6H5.2H2O.Sc/c1-21-18-12-16(13-20-11-5-10-19)8-9-17(18)22-14-15-6-3-2-4-7-15;1-2-4-6-5-3-1;;;/h2-4,6-9,12H,5,10-11,13-14,19H2,1H3;1-5H;2*1H2;/q2*-1;;;. The summed E-state index contributed by atoms with van der Waals surface area (Å²) < 4.78 is 11.3. The maximum absolute atomic E-state index is 5.84. The van der Waals surface area contributed by atoms with Gasteiger partial charge in [0.2, 0.25) is 0 Å². The normalized spacial score (nSPS) is 8.97. The molecule has 6 nitrogen and oxygen atoms in total. The molecule has 0 saturated heterocycles. The van der Waals surface area contributed by atoms with E-state index in [-0.39, 0.29) is 36.8 Å². The van der Waals surface area contributed by atoms with Gasteiger partial charge in [0.1, 0.15) is 6.61 Å². The predicted octanol–water partition coefficient (Wildman–Crippen LogP) is 3.33. The molecule has 7 heteroatoms. The fraction of sp³-hybridized carbons (Fsp3) is 0.250. The third-order valence-corrected chi connectivity index (χ3v) is 3.89. The summed E-state index contributed by atoms with van der Waals surface area (Å²) in [4.78, 5) is 0. The van der Waals surface area contributed by atoms with Crippen molar-refractivity contribution < 1.29 is 46.3 Å². The maximum Gasteiger partial charge on any atom is 0.161 e. The zero-order valence-corrected chi connectivity index (χ0v) is 19.8. The second-order valence-corrected chi connectivity index (χ2v) is 6.08. The van der Waals surface area contributed by atoms with Crippen LogP contribution in [-0.2, 0) is 39.0 Å². The van der Waals surface area contributed by atoms with E-state index in [1.54, 1.807) is 7.11 Å². The Morgan fingerprint density at radius 2 is 1.55 bits per heavy atom. The molecule has 0 atom stereocenters. The van der Waals surface area contributed by atoms with Crippen LogP contribution < -0.4 is 15.2 Å². The third-order valence-electron chi connectivity index (χ3n) is 3.89. The summed E-state index contributed by atoms with van der Waals surface area (Å²) in [6.45, 7) is 2.68. The molecule has 0 unspecified atom stereocenters. The number of benzene rings is 3. The molecule has 0 spiro atoms. The number of rotatable bonds is 9. The van der Waals surface area contributed by atoms with E-state index in [2.05, 4.69) is 11.4 Å². The van der Waals surface area contributed by atoms with Gasteiger partial charge in [0.15, 0.2) is 11.5 Å². The van der Waals surface area contributed by atoms with Crippen LogP contribution in [0.1, 0.15) is 17.5 Å². The summed E-state index contributed by atoms with van der Waals surface area (Å²) in [5, 5.41) is 4.45. The van der Waals surface area contributed by atoms with Crippen LogP contribution in [0.15, 0.2) is 78.9 Å². The van der Waals surface area contributed by atoms with E-state index in [0.29, 0.717) is 19.7 Å². The number of nitrogens with zero attached hydrogens (tertiary/aromatic N) is 1. The van der Waals surface area contributed by atoms with Crippen LogP contribution in [0.25, 0.3) is 5.32 Å². The zero-order valence-electron chi connectivity index (χ0n) is 18.0. The topological polar surface area (TPSA) is 122 Å². The Bertz CT molecular complexity index is 750. The van der Waals surface area contributed by atoms with E-state index in [1.807, 2.05) is 78.9 Å². The van der Waals surface area contributed by atoms with Crippen molar-refractivity contribution in [3.63, 3.8) is 0 Å². The van der Waals surface area contributed by atoms with Crippen LogP contribution in [0.4, 0.5) is 0 Å². The van der Waals surface area contributed by atoms with Gasteiger partial charge in [-0.3, -0.25) is 0 Å². The first-order valence-corrected chi connectivity index (χ1v) is 9.41. The molecule has 31 heavy (non-hydrogen) atoms. The van der Waals surface area contributed by atoms with Crippen molar-refractivity contribution in [2.75, 3.05) is 20.2 Å². The summed E-state index contributed by atoms with van der Waals surface area (Å²) in [5.41, 5.74) is 7.70. The number of nitrogens with two attached hydrogens (primary N) is 1. The molecule has 0 aliphatic heterocycles. The van der Waals surface area contributed by atoms with Crippen molar-refractivity contribution >= 4 is 0 Å². The van der Waals surface area contributed by atoms with Crippen molar-refractivity contribution in [2.24, 2.45) is 5.73 Å². The quantitative estimate of drug-likeness (QED) is 0.392. The fourth-order valence-electron chi connectivity index (χ4n) is 2.42. The summed E-state index contributed by atoms with van der Waals surface area (Å²) in [6.07, 6.45) is 0.926. The molecule has 3 aromatic carbocycles. The van der Waals surface area contributed by atoms with Gasteiger partial charge in [-0.2, -0.15) is 36.4 Å². The number of hydrogen-bond donors (Lipinski definition) is 1. The summed E-state index contributed by atoms with van der Waals surface area (Å²) >= 11 is 0. The molecule has 6 N–H and O–H groups in total. The molecule has 3 rings (SSSR count). The molecule has 0 bridgehead atoms.